The summed E-state index contributed by atoms with van der Waals surface area (Å²) in [6, 6.07) is 6.43. The molecule has 0 spiro atoms. The molecule has 17 heavy (non-hydrogen) atoms. The number of halogens is 1. The summed E-state index contributed by atoms with van der Waals surface area (Å²) in [6.45, 7) is 0. The van der Waals surface area contributed by atoms with Crippen LogP contribution >= 0.6 is 15.9 Å². The molecule has 1 heterocycles. The predicted octanol–water partition coefficient (Wildman–Crippen LogP) is 1.49. The number of hydrogen-bond acceptors (Lipinski definition) is 3. The van der Waals surface area contributed by atoms with E-state index >= 15 is 0 Å². The monoisotopic (exact) mass is 315 g/mol. The molecule has 1 aromatic carbocycles. The highest BCUT2D eigenvalue weighted by molar-refractivity contribution is 9.10. The Morgan fingerprint density at radius 1 is 1.29 bits per heavy atom. The van der Waals surface area contributed by atoms with Crippen molar-refractivity contribution in [2.45, 2.75) is 6.04 Å². The maximum absolute atomic E-state index is 11.8. The molecule has 2 rings (SSSR count). The van der Waals surface area contributed by atoms with Crippen LogP contribution in [-0.2, 0) is 9.84 Å². The van der Waals surface area contributed by atoms with Crippen molar-refractivity contribution in [3.63, 3.8) is 0 Å². The number of nitrogens with one attached hydrogen (secondary N) is 1. The summed E-state index contributed by atoms with van der Waals surface area (Å²) in [6.07, 6.45) is 1.49. The lowest BCUT2D eigenvalue weighted by Gasteiger charge is -2.09. The molecular weight excluding hydrogens is 306 g/mol. The Bertz CT molecular complexity index is 563. The van der Waals surface area contributed by atoms with Gasteiger partial charge in [0, 0.05) is 15.4 Å². The zero-order valence-corrected chi connectivity index (χ0v) is 11.2. The Hall–Kier alpha value is -1.14. The smallest absolute Gasteiger partial charge is 0.251 e. The first-order chi connectivity index (χ1) is 7.96. The quantitative estimate of drug-likeness (QED) is 0.899. The fourth-order valence-electron chi connectivity index (χ4n) is 1.52. The van der Waals surface area contributed by atoms with Crippen molar-refractivity contribution < 1.29 is 13.2 Å². The van der Waals surface area contributed by atoms with Crippen LogP contribution in [0.1, 0.15) is 10.4 Å². The summed E-state index contributed by atoms with van der Waals surface area (Å²) < 4.78 is 23.2. The highest BCUT2D eigenvalue weighted by Crippen LogP contribution is 2.12. The van der Waals surface area contributed by atoms with Crippen LogP contribution in [-0.4, -0.2) is 26.1 Å². The molecular formula is C11H10BrNO3S. The standard InChI is InChI=1S/C11H10BrNO3S/c12-9-3-1-8(2-4-9)11(14)13-10-5-6-17(15,16)7-10/h1-6,10H,7H2,(H,13,14). The van der Waals surface area contributed by atoms with Crippen molar-refractivity contribution >= 4 is 31.7 Å². The predicted molar refractivity (Wildman–Crippen MR) is 68.3 cm³/mol. The molecule has 1 aliphatic heterocycles. The summed E-state index contributed by atoms with van der Waals surface area (Å²) in [4.78, 5) is 11.8. The van der Waals surface area contributed by atoms with Gasteiger partial charge in [0.15, 0.2) is 9.84 Å². The minimum Gasteiger partial charge on any atom is -0.345 e. The first-order valence-electron chi connectivity index (χ1n) is 4.94. The zero-order chi connectivity index (χ0) is 12.5. The minimum absolute atomic E-state index is 0.0602. The molecule has 1 amide bonds. The van der Waals surface area contributed by atoms with Crippen LogP contribution in [0.25, 0.3) is 0 Å². The second kappa shape index (κ2) is 4.62. The molecule has 0 fully saturated rings. The summed E-state index contributed by atoms with van der Waals surface area (Å²) in [5.74, 6) is -0.334. The van der Waals surface area contributed by atoms with Crippen molar-refractivity contribution in [3.05, 3.63) is 45.8 Å². The average Bonchev–Trinajstić information content (AvgIpc) is 2.59. The lowest BCUT2D eigenvalue weighted by molar-refractivity contribution is 0.0947. The molecule has 90 valence electrons. The topological polar surface area (TPSA) is 63.2 Å². The first-order valence-corrected chi connectivity index (χ1v) is 7.44. The van der Waals surface area contributed by atoms with Gasteiger partial charge in [-0.1, -0.05) is 15.9 Å². The van der Waals surface area contributed by atoms with Crippen molar-refractivity contribution in [2.24, 2.45) is 0 Å². The molecule has 4 nitrogen and oxygen atoms in total. The molecule has 0 aromatic heterocycles. The van der Waals surface area contributed by atoms with E-state index in [1.165, 1.54) is 6.08 Å². The molecule has 0 radical (unpaired) electrons. The molecule has 0 saturated heterocycles. The van der Waals surface area contributed by atoms with Crippen molar-refractivity contribution in [1.82, 2.24) is 5.32 Å². The van der Waals surface area contributed by atoms with Crippen LogP contribution in [0, 0.1) is 0 Å². The summed E-state index contributed by atoms with van der Waals surface area (Å²) in [5.41, 5.74) is 0.505. The molecule has 0 saturated carbocycles. The van der Waals surface area contributed by atoms with Gasteiger partial charge in [-0.3, -0.25) is 4.79 Å². The molecule has 1 N–H and O–H groups in total. The van der Waals surface area contributed by atoms with E-state index in [9.17, 15) is 13.2 Å². The number of amides is 1. The van der Waals surface area contributed by atoms with Crippen LogP contribution in [0.15, 0.2) is 40.2 Å². The van der Waals surface area contributed by atoms with E-state index in [2.05, 4.69) is 21.2 Å². The maximum Gasteiger partial charge on any atom is 0.251 e. The van der Waals surface area contributed by atoms with Gasteiger partial charge >= 0.3 is 0 Å². The molecule has 6 heteroatoms. The number of carbonyl (C=O) groups excluding carboxylic acids is 1. The third kappa shape index (κ3) is 3.17. The number of rotatable bonds is 2. The highest BCUT2D eigenvalue weighted by Gasteiger charge is 2.23. The lowest BCUT2D eigenvalue weighted by Crippen LogP contribution is -2.35. The van der Waals surface area contributed by atoms with E-state index in [0.717, 1.165) is 9.88 Å². The van der Waals surface area contributed by atoms with Gasteiger partial charge in [-0.25, -0.2) is 8.42 Å². The SMILES string of the molecule is O=C(NC1C=CS(=O)(=O)C1)c1ccc(Br)cc1. The average molecular weight is 316 g/mol. The lowest BCUT2D eigenvalue weighted by atomic mass is 10.2. The van der Waals surface area contributed by atoms with Gasteiger partial charge in [0.1, 0.15) is 0 Å². The first kappa shape index (κ1) is 12.3. The number of benzene rings is 1. The van der Waals surface area contributed by atoms with Gasteiger partial charge in [0.05, 0.1) is 11.8 Å². The fourth-order valence-corrected chi connectivity index (χ4v) is 3.02. The van der Waals surface area contributed by atoms with Gasteiger partial charge in [-0.2, -0.15) is 0 Å². The summed E-state index contributed by atoms with van der Waals surface area (Å²) >= 11 is 3.28. The van der Waals surface area contributed by atoms with E-state index in [1.807, 2.05) is 0 Å². The van der Waals surface area contributed by atoms with Gasteiger partial charge in [-0.15, -0.1) is 0 Å². The van der Waals surface area contributed by atoms with Crippen molar-refractivity contribution in [1.29, 1.82) is 0 Å². The third-order valence-electron chi connectivity index (χ3n) is 2.35. The Kier molecular flexibility index (Phi) is 3.35. The second-order valence-corrected chi connectivity index (χ2v) is 6.59. The Morgan fingerprint density at radius 2 is 1.94 bits per heavy atom. The van der Waals surface area contributed by atoms with Gasteiger partial charge < -0.3 is 5.32 Å². The summed E-state index contributed by atoms with van der Waals surface area (Å²) in [7, 11) is -3.13. The molecule has 1 unspecified atom stereocenters. The van der Waals surface area contributed by atoms with E-state index in [4.69, 9.17) is 0 Å². The fraction of sp³-hybridized carbons (Fsp3) is 0.182. The maximum atomic E-state index is 11.8. The largest absolute Gasteiger partial charge is 0.345 e. The van der Waals surface area contributed by atoms with Gasteiger partial charge in [0.25, 0.3) is 5.91 Å². The number of carbonyl (C=O) groups is 1. The number of sulfone groups is 1. The molecule has 1 atom stereocenters. The molecule has 0 aliphatic carbocycles. The second-order valence-electron chi connectivity index (χ2n) is 3.74. The van der Waals surface area contributed by atoms with Crippen molar-refractivity contribution in [3.8, 4) is 0 Å². The Labute approximate surface area is 108 Å². The van der Waals surface area contributed by atoms with E-state index in [0.29, 0.717) is 5.56 Å². The summed E-state index contributed by atoms with van der Waals surface area (Å²) in [5, 5.41) is 3.79. The van der Waals surface area contributed by atoms with Crippen LogP contribution in [0.5, 0.6) is 0 Å². The van der Waals surface area contributed by atoms with Crippen LogP contribution < -0.4 is 5.32 Å². The Morgan fingerprint density at radius 3 is 2.47 bits per heavy atom. The van der Waals surface area contributed by atoms with E-state index in [1.54, 1.807) is 24.3 Å². The van der Waals surface area contributed by atoms with Crippen molar-refractivity contribution in [2.75, 3.05) is 5.75 Å². The molecule has 0 bridgehead atoms. The van der Waals surface area contributed by atoms with Gasteiger partial charge in [-0.05, 0) is 30.3 Å². The van der Waals surface area contributed by atoms with Crippen LogP contribution in [0.2, 0.25) is 0 Å². The highest BCUT2D eigenvalue weighted by atomic mass is 79.9. The van der Waals surface area contributed by atoms with E-state index in [-0.39, 0.29) is 11.7 Å². The van der Waals surface area contributed by atoms with E-state index < -0.39 is 15.9 Å². The third-order valence-corrected chi connectivity index (χ3v) is 4.28. The van der Waals surface area contributed by atoms with Crippen LogP contribution in [0.3, 0.4) is 0 Å². The van der Waals surface area contributed by atoms with Crippen LogP contribution in [0.4, 0.5) is 0 Å². The zero-order valence-electron chi connectivity index (χ0n) is 8.76. The Balaban J connectivity index is 2.04. The number of hydrogen-bond donors (Lipinski definition) is 1. The van der Waals surface area contributed by atoms with Gasteiger partial charge in [0.2, 0.25) is 0 Å². The normalized spacial score (nSPS) is 21.4. The molecule has 1 aromatic rings. The molecule has 1 aliphatic rings. The minimum atomic E-state index is -3.13.